The zero-order valence-electron chi connectivity index (χ0n) is 11.1. The van der Waals surface area contributed by atoms with Crippen molar-refractivity contribution in [2.75, 3.05) is 18.4 Å². The summed E-state index contributed by atoms with van der Waals surface area (Å²) in [5.41, 5.74) is 6.91. The number of furan rings is 1. The molecule has 0 aromatic carbocycles. The lowest BCUT2D eigenvalue weighted by atomic mass is 9.82. The molecule has 3 N–H and O–H groups in total. The van der Waals surface area contributed by atoms with E-state index in [2.05, 4.69) is 24.1 Å². The summed E-state index contributed by atoms with van der Waals surface area (Å²) < 4.78 is 5.36. The minimum absolute atomic E-state index is 0.146. The lowest BCUT2D eigenvalue weighted by molar-refractivity contribution is 0.294. The Kier molecular flexibility index (Phi) is 3.87. The standard InChI is InChI=1S/C14H21N3O/c1-3-14(4-2,9-15)10-17-13-11-6-8-18-12(11)5-7-16-13/h5-8H,3-4,9-10,15H2,1-2H3,(H,16,17). The second kappa shape index (κ2) is 5.40. The molecule has 2 aromatic rings. The molecular weight excluding hydrogens is 226 g/mol. The highest BCUT2D eigenvalue weighted by Gasteiger charge is 2.24. The van der Waals surface area contributed by atoms with Crippen LogP contribution in [0.25, 0.3) is 11.0 Å². The van der Waals surface area contributed by atoms with Gasteiger partial charge in [-0.05, 0) is 36.9 Å². The van der Waals surface area contributed by atoms with Crippen LogP contribution < -0.4 is 11.1 Å². The smallest absolute Gasteiger partial charge is 0.139 e. The zero-order chi connectivity index (χ0) is 13.0. The van der Waals surface area contributed by atoms with Crippen molar-refractivity contribution in [3.8, 4) is 0 Å². The van der Waals surface area contributed by atoms with Gasteiger partial charge in [0.05, 0.1) is 11.6 Å². The van der Waals surface area contributed by atoms with E-state index in [0.717, 1.165) is 36.2 Å². The third-order valence-electron chi connectivity index (χ3n) is 3.94. The number of nitrogens with zero attached hydrogens (tertiary/aromatic N) is 1. The van der Waals surface area contributed by atoms with Crippen LogP contribution in [0.15, 0.2) is 29.0 Å². The highest BCUT2D eigenvalue weighted by Crippen LogP contribution is 2.27. The quantitative estimate of drug-likeness (QED) is 0.823. The van der Waals surface area contributed by atoms with Gasteiger partial charge in [0.2, 0.25) is 0 Å². The van der Waals surface area contributed by atoms with E-state index in [1.54, 1.807) is 12.5 Å². The van der Waals surface area contributed by atoms with E-state index in [0.29, 0.717) is 6.54 Å². The van der Waals surface area contributed by atoms with Crippen molar-refractivity contribution in [2.24, 2.45) is 11.1 Å². The van der Waals surface area contributed by atoms with Crippen LogP contribution in [0.5, 0.6) is 0 Å². The third kappa shape index (κ3) is 2.34. The Morgan fingerprint density at radius 1 is 1.33 bits per heavy atom. The predicted octanol–water partition coefficient (Wildman–Crippen LogP) is 3.00. The lowest BCUT2D eigenvalue weighted by Crippen LogP contribution is -2.36. The van der Waals surface area contributed by atoms with Gasteiger partial charge in [-0.3, -0.25) is 0 Å². The minimum Gasteiger partial charge on any atom is -0.464 e. The second-order valence-corrected chi connectivity index (χ2v) is 4.76. The van der Waals surface area contributed by atoms with E-state index in [-0.39, 0.29) is 5.41 Å². The molecule has 4 nitrogen and oxygen atoms in total. The van der Waals surface area contributed by atoms with Gasteiger partial charge in [-0.2, -0.15) is 0 Å². The number of hydrogen-bond acceptors (Lipinski definition) is 4. The molecule has 18 heavy (non-hydrogen) atoms. The van der Waals surface area contributed by atoms with Gasteiger partial charge in [0.25, 0.3) is 0 Å². The normalized spacial score (nSPS) is 11.9. The van der Waals surface area contributed by atoms with E-state index in [9.17, 15) is 0 Å². The van der Waals surface area contributed by atoms with Gasteiger partial charge in [-0.1, -0.05) is 13.8 Å². The third-order valence-corrected chi connectivity index (χ3v) is 3.94. The first kappa shape index (κ1) is 12.9. The lowest BCUT2D eigenvalue weighted by Gasteiger charge is -2.30. The number of nitrogens with two attached hydrogens (primary N) is 1. The summed E-state index contributed by atoms with van der Waals surface area (Å²) in [5.74, 6) is 0.876. The van der Waals surface area contributed by atoms with Gasteiger partial charge in [0.1, 0.15) is 11.4 Å². The van der Waals surface area contributed by atoms with Crippen LogP contribution in [0.2, 0.25) is 0 Å². The minimum atomic E-state index is 0.146. The maximum absolute atomic E-state index is 5.91. The van der Waals surface area contributed by atoms with Crippen LogP contribution in [0, 0.1) is 5.41 Å². The van der Waals surface area contributed by atoms with Crippen molar-refractivity contribution < 1.29 is 4.42 Å². The Balaban J connectivity index is 2.17. The molecule has 98 valence electrons. The maximum Gasteiger partial charge on any atom is 0.139 e. The number of fused-ring (bicyclic) bond motifs is 1. The van der Waals surface area contributed by atoms with E-state index in [1.165, 1.54) is 0 Å². The molecule has 0 bridgehead atoms. The first-order chi connectivity index (χ1) is 8.74. The second-order valence-electron chi connectivity index (χ2n) is 4.76. The summed E-state index contributed by atoms with van der Waals surface area (Å²) in [4.78, 5) is 4.37. The average Bonchev–Trinajstić information content (AvgIpc) is 2.90. The Bertz CT molecular complexity index is 494. The van der Waals surface area contributed by atoms with Crippen molar-refractivity contribution >= 4 is 16.8 Å². The van der Waals surface area contributed by atoms with Crippen LogP contribution in [0.3, 0.4) is 0 Å². The van der Waals surface area contributed by atoms with Crippen LogP contribution >= 0.6 is 0 Å². The summed E-state index contributed by atoms with van der Waals surface area (Å²) in [6.07, 6.45) is 5.58. The maximum atomic E-state index is 5.91. The summed E-state index contributed by atoms with van der Waals surface area (Å²) in [5, 5.41) is 4.44. The molecule has 0 amide bonds. The molecule has 0 radical (unpaired) electrons. The Morgan fingerprint density at radius 2 is 2.11 bits per heavy atom. The molecule has 0 aliphatic heterocycles. The van der Waals surface area contributed by atoms with Crippen LogP contribution in [0.4, 0.5) is 5.82 Å². The molecular formula is C14H21N3O. The van der Waals surface area contributed by atoms with Crippen molar-refractivity contribution in [3.63, 3.8) is 0 Å². The molecule has 0 aliphatic carbocycles. The van der Waals surface area contributed by atoms with Gasteiger partial charge in [-0.25, -0.2) is 4.98 Å². The number of nitrogens with one attached hydrogen (secondary N) is 1. The fraction of sp³-hybridized carbons (Fsp3) is 0.500. The zero-order valence-corrected chi connectivity index (χ0v) is 11.1. The monoisotopic (exact) mass is 247 g/mol. The van der Waals surface area contributed by atoms with Crippen molar-refractivity contribution in [2.45, 2.75) is 26.7 Å². The first-order valence-electron chi connectivity index (χ1n) is 6.51. The average molecular weight is 247 g/mol. The number of hydrogen-bond donors (Lipinski definition) is 2. The topological polar surface area (TPSA) is 64.1 Å². The molecule has 2 heterocycles. The molecule has 0 fully saturated rings. The van der Waals surface area contributed by atoms with Gasteiger partial charge in [-0.15, -0.1) is 0 Å². The van der Waals surface area contributed by atoms with E-state index >= 15 is 0 Å². The van der Waals surface area contributed by atoms with Crippen LogP contribution in [-0.4, -0.2) is 18.1 Å². The van der Waals surface area contributed by atoms with Crippen LogP contribution in [-0.2, 0) is 0 Å². The van der Waals surface area contributed by atoms with Gasteiger partial charge >= 0.3 is 0 Å². The molecule has 0 spiro atoms. The molecule has 4 heteroatoms. The number of anilines is 1. The largest absolute Gasteiger partial charge is 0.464 e. The Hall–Kier alpha value is -1.55. The molecule has 0 atom stereocenters. The van der Waals surface area contributed by atoms with E-state index < -0.39 is 0 Å². The molecule has 0 saturated carbocycles. The SMILES string of the molecule is CCC(CC)(CN)CNc1nccc2occc12. The first-order valence-corrected chi connectivity index (χ1v) is 6.51. The van der Waals surface area contributed by atoms with Crippen molar-refractivity contribution in [3.05, 3.63) is 24.6 Å². The van der Waals surface area contributed by atoms with E-state index in [1.807, 2.05) is 12.1 Å². The molecule has 0 saturated heterocycles. The Labute approximate surface area is 108 Å². The highest BCUT2D eigenvalue weighted by atomic mass is 16.3. The molecule has 2 rings (SSSR count). The van der Waals surface area contributed by atoms with Crippen molar-refractivity contribution in [1.29, 1.82) is 0 Å². The Morgan fingerprint density at radius 3 is 2.78 bits per heavy atom. The fourth-order valence-electron chi connectivity index (χ4n) is 2.17. The van der Waals surface area contributed by atoms with Crippen LogP contribution in [0.1, 0.15) is 26.7 Å². The van der Waals surface area contributed by atoms with E-state index in [4.69, 9.17) is 10.2 Å². The highest BCUT2D eigenvalue weighted by molar-refractivity contribution is 5.87. The molecule has 0 unspecified atom stereocenters. The summed E-state index contributed by atoms with van der Waals surface area (Å²) in [6, 6.07) is 3.81. The van der Waals surface area contributed by atoms with Gasteiger partial charge in [0.15, 0.2) is 0 Å². The molecule has 0 aliphatic rings. The fourth-order valence-corrected chi connectivity index (χ4v) is 2.17. The van der Waals surface area contributed by atoms with Gasteiger partial charge in [0, 0.05) is 12.7 Å². The predicted molar refractivity (Wildman–Crippen MR) is 74.6 cm³/mol. The van der Waals surface area contributed by atoms with Crippen molar-refractivity contribution in [1.82, 2.24) is 4.98 Å². The number of rotatable bonds is 6. The number of pyridine rings is 1. The van der Waals surface area contributed by atoms with Gasteiger partial charge < -0.3 is 15.5 Å². The number of aromatic nitrogens is 1. The molecule has 2 aromatic heterocycles. The summed E-state index contributed by atoms with van der Waals surface area (Å²) >= 11 is 0. The summed E-state index contributed by atoms with van der Waals surface area (Å²) in [7, 11) is 0. The summed E-state index contributed by atoms with van der Waals surface area (Å²) in [6.45, 7) is 5.90.